The zero-order valence-corrected chi connectivity index (χ0v) is 13.4. The van der Waals surface area contributed by atoms with Gasteiger partial charge in [0.05, 0.1) is 12.0 Å². The summed E-state index contributed by atoms with van der Waals surface area (Å²) < 4.78 is 5.01. The standard InChI is InChI=1S/C12H13IO5S/c1-7-5-9(11(15)10(14)3-4-13)6-8(2)12(7)19-18-17-16/h5-6,16H,3-4H2,1-2H3. The molecule has 0 heterocycles. The van der Waals surface area contributed by atoms with Crippen molar-refractivity contribution in [3.05, 3.63) is 28.8 Å². The molecule has 1 aromatic carbocycles. The van der Waals surface area contributed by atoms with Gasteiger partial charge in [0, 0.05) is 21.3 Å². The lowest BCUT2D eigenvalue weighted by Crippen LogP contribution is -2.15. The Morgan fingerprint density at radius 1 is 1.32 bits per heavy atom. The van der Waals surface area contributed by atoms with Crippen molar-refractivity contribution in [2.24, 2.45) is 0 Å². The zero-order valence-electron chi connectivity index (χ0n) is 10.4. The molecular weight excluding hydrogens is 383 g/mol. The number of alkyl halides is 1. The van der Waals surface area contributed by atoms with Crippen LogP contribution in [0, 0.1) is 13.8 Å². The normalized spacial score (nSPS) is 10.5. The number of rotatable bonds is 7. The van der Waals surface area contributed by atoms with E-state index in [0.29, 0.717) is 9.99 Å². The molecule has 7 heteroatoms. The molecule has 19 heavy (non-hydrogen) atoms. The van der Waals surface area contributed by atoms with Gasteiger partial charge >= 0.3 is 0 Å². The minimum absolute atomic E-state index is 0.245. The first-order chi connectivity index (χ1) is 9.01. The monoisotopic (exact) mass is 396 g/mol. The highest BCUT2D eigenvalue weighted by molar-refractivity contribution is 14.1. The summed E-state index contributed by atoms with van der Waals surface area (Å²) in [6.07, 6.45) is 0.245. The highest BCUT2D eigenvalue weighted by atomic mass is 127. The fourth-order valence-electron chi connectivity index (χ4n) is 1.62. The van der Waals surface area contributed by atoms with E-state index in [2.05, 4.69) is 32.0 Å². The van der Waals surface area contributed by atoms with Crippen LogP contribution in [0.15, 0.2) is 17.0 Å². The number of benzene rings is 1. The summed E-state index contributed by atoms with van der Waals surface area (Å²) in [4.78, 5) is 24.2. The molecule has 0 amide bonds. The molecule has 0 aliphatic carbocycles. The van der Waals surface area contributed by atoms with Gasteiger partial charge in [-0.25, -0.2) is 5.26 Å². The van der Waals surface area contributed by atoms with Gasteiger partial charge in [0.15, 0.2) is 0 Å². The molecule has 1 aromatic rings. The average molecular weight is 396 g/mol. The smallest absolute Gasteiger partial charge is 0.228 e. The van der Waals surface area contributed by atoms with Crippen LogP contribution in [0.5, 0.6) is 0 Å². The number of Topliss-reactive ketones (excluding diaryl/α,β-unsaturated/α-hetero) is 2. The summed E-state index contributed by atoms with van der Waals surface area (Å²) in [6, 6.07) is 3.26. The van der Waals surface area contributed by atoms with Crippen LogP contribution in [0.4, 0.5) is 0 Å². The van der Waals surface area contributed by atoms with E-state index in [1.54, 1.807) is 26.0 Å². The van der Waals surface area contributed by atoms with Crippen molar-refractivity contribution in [2.75, 3.05) is 4.43 Å². The van der Waals surface area contributed by atoms with Crippen LogP contribution >= 0.6 is 34.6 Å². The molecule has 0 unspecified atom stereocenters. The van der Waals surface area contributed by atoms with Gasteiger partial charge in [-0.1, -0.05) is 27.6 Å². The molecule has 1 rings (SSSR count). The van der Waals surface area contributed by atoms with Crippen LogP contribution in [-0.2, 0) is 14.2 Å². The Morgan fingerprint density at radius 3 is 2.37 bits per heavy atom. The number of hydrogen-bond donors (Lipinski definition) is 1. The first-order valence-corrected chi connectivity index (χ1v) is 7.67. The van der Waals surface area contributed by atoms with Gasteiger partial charge in [0.1, 0.15) is 0 Å². The van der Waals surface area contributed by atoms with Gasteiger partial charge in [-0.05, 0) is 37.1 Å². The molecule has 0 atom stereocenters. The molecule has 5 nitrogen and oxygen atoms in total. The van der Waals surface area contributed by atoms with Crippen molar-refractivity contribution in [1.29, 1.82) is 0 Å². The van der Waals surface area contributed by atoms with Crippen LogP contribution in [0.25, 0.3) is 0 Å². The maximum atomic E-state index is 11.9. The maximum absolute atomic E-state index is 11.9. The zero-order chi connectivity index (χ0) is 14.4. The number of halogens is 1. The lowest BCUT2D eigenvalue weighted by Gasteiger charge is -2.09. The minimum atomic E-state index is -0.473. The summed E-state index contributed by atoms with van der Waals surface area (Å²) in [6.45, 7) is 3.57. The fraction of sp³-hybridized carbons (Fsp3) is 0.333. The lowest BCUT2D eigenvalue weighted by molar-refractivity contribution is -0.432. The Balaban J connectivity index is 3.00. The second kappa shape index (κ2) is 7.95. The van der Waals surface area contributed by atoms with Gasteiger partial charge < -0.3 is 0 Å². The average Bonchev–Trinajstić information content (AvgIpc) is 2.37. The van der Waals surface area contributed by atoms with Gasteiger partial charge in [0.2, 0.25) is 11.6 Å². The largest absolute Gasteiger partial charge is 0.290 e. The Bertz CT molecular complexity index is 466. The van der Waals surface area contributed by atoms with Gasteiger partial charge in [-0.3, -0.25) is 9.59 Å². The maximum Gasteiger partial charge on any atom is 0.228 e. The van der Waals surface area contributed by atoms with E-state index in [1.807, 2.05) is 0 Å². The third kappa shape index (κ3) is 4.53. The summed E-state index contributed by atoms with van der Waals surface area (Å²) in [5.74, 6) is -0.859. The predicted molar refractivity (Wildman–Crippen MR) is 79.4 cm³/mol. The quantitative estimate of drug-likeness (QED) is 0.145. The molecule has 0 radical (unpaired) electrons. The van der Waals surface area contributed by atoms with E-state index >= 15 is 0 Å². The third-order valence-electron chi connectivity index (χ3n) is 2.45. The van der Waals surface area contributed by atoms with Crippen molar-refractivity contribution in [1.82, 2.24) is 0 Å². The summed E-state index contributed by atoms with van der Waals surface area (Å²) in [5.41, 5.74) is 1.92. The second-order valence-electron chi connectivity index (χ2n) is 3.86. The fourth-order valence-corrected chi connectivity index (χ4v) is 2.59. The number of aryl methyl sites for hydroxylation is 2. The molecular formula is C12H13IO5S. The molecule has 0 aliphatic rings. The summed E-state index contributed by atoms with van der Waals surface area (Å²) in [5, 5.41) is 11.7. The molecule has 0 saturated heterocycles. The Morgan fingerprint density at radius 2 is 1.89 bits per heavy atom. The van der Waals surface area contributed by atoms with Crippen LogP contribution in [-0.4, -0.2) is 21.3 Å². The van der Waals surface area contributed by atoms with Crippen molar-refractivity contribution in [3.63, 3.8) is 0 Å². The Hall–Kier alpha value is -0.480. The number of hydrogen-bond acceptors (Lipinski definition) is 6. The first kappa shape index (κ1) is 16.6. The first-order valence-electron chi connectivity index (χ1n) is 5.40. The van der Waals surface area contributed by atoms with E-state index in [9.17, 15) is 9.59 Å². The van der Waals surface area contributed by atoms with Crippen LogP contribution in [0.2, 0.25) is 0 Å². The minimum Gasteiger partial charge on any atom is -0.290 e. The number of carbonyl (C=O) groups excluding carboxylic acids is 2. The van der Waals surface area contributed by atoms with E-state index in [1.165, 1.54) is 0 Å². The van der Waals surface area contributed by atoms with Gasteiger partial charge in [-0.15, -0.1) is 4.33 Å². The molecule has 0 fully saturated rings. The summed E-state index contributed by atoms with van der Waals surface area (Å²) >= 11 is 2.90. The van der Waals surface area contributed by atoms with Gasteiger partial charge in [-0.2, -0.15) is 0 Å². The topological polar surface area (TPSA) is 72.8 Å². The third-order valence-corrected chi connectivity index (χ3v) is 3.92. The van der Waals surface area contributed by atoms with E-state index < -0.39 is 5.78 Å². The van der Waals surface area contributed by atoms with Gasteiger partial charge in [0.25, 0.3) is 0 Å². The van der Waals surface area contributed by atoms with E-state index in [0.717, 1.165) is 28.1 Å². The predicted octanol–water partition coefficient (Wildman–Crippen LogP) is 3.31. The second-order valence-corrected chi connectivity index (χ2v) is 5.65. The lowest BCUT2D eigenvalue weighted by atomic mass is 10.0. The summed E-state index contributed by atoms with van der Waals surface area (Å²) in [7, 11) is 0. The molecule has 0 aliphatic heterocycles. The highest BCUT2D eigenvalue weighted by Gasteiger charge is 2.18. The molecule has 0 spiro atoms. The SMILES string of the molecule is Cc1cc(C(=O)C(=O)CCI)cc(C)c1SOOO. The molecule has 0 aromatic heterocycles. The van der Waals surface area contributed by atoms with E-state index in [4.69, 9.17) is 5.26 Å². The molecule has 1 N–H and O–H groups in total. The molecule has 104 valence electrons. The van der Waals surface area contributed by atoms with Crippen LogP contribution in [0.1, 0.15) is 27.9 Å². The van der Waals surface area contributed by atoms with Crippen LogP contribution < -0.4 is 0 Å². The number of ketones is 2. The van der Waals surface area contributed by atoms with Crippen molar-refractivity contribution in [3.8, 4) is 0 Å². The van der Waals surface area contributed by atoms with E-state index in [-0.39, 0.29) is 12.2 Å². The number of carbonyl (C=O) groups is 2. The highest BCUT2D eigenvalue weighted by Crippen LogP contribution is 2.28. The van der Waals surface area contributed by atoms with Crippen LogP contribution in [0.3, 0.4) is 0 Å². The van der Waals surface area contributed by atoms with Crippen molar-refractivity contribution >= 4 is 46.2 Å². The Kier molecular flexibility index (Phi) is 6.94. The Labute approximate surface area is 128 Å². The molecule has 0 bridgehead atoms. The van der Waals surface area contributed by atoms with Crippen molar-refractivity contribution in [2.45, 2.75) is 25.2 Å². The van der Waals surface area contributed by atoms with Crippen molar-refractivity contribution < 1.29 is 24.2 Å². The molecule has 0 saturated carbocycles.